The van der Waals surface area contributed by atoms with Crippen molar-refractivity contribution < 1.29 is 19.1 Å². The number of methoxy groups -OCH3 is 2. The first-order chi connectivity index (χ1) is 10.1. The van der Waals surface area contributed by atoms with Gasteiger partial charge in [-0.1, -0.05) is 6.07 Å². The molecule has 1 amide bonds. The third kappa shape index (κ3) is 6.50. The van der Waals surface area contributed by atoms with E-state index in [0.717, 1.165) is 0 Å². The van der Waals surface area contributed by atoms with Crippen molar-refractivity contribution in [2.75, 3.05) is 31.0 Å². The van der Waals surface area contributed by atoms with Crippen molar-refractivity contribution in [2.24, 2.45) is 5.73 Å². The van der Waals surface area contributed by atoms with Gasteiger partial charge in [0.05, 0.1) is 20.0 Å². The van der Waals surface area contributed by atoms with E-state index in [1.165, 1.54) is 18.9 Å². The van der Waals surface area contributed by atoms with E-state index in [0.29, 0.717) is 29.4 Å². The molecule has 0 aliphatic rings. The fourth-order valence-electron chi connectivity index (χ4n) is 1.54. The Hall–Kier alpha value is -1.73. The molecule has 3 N–H and O–H groups in total. The molecule has 0 aliphatic heterocycles. The van der Waals surface area contributed by atoms with E-state index < -0.39 is 12.0 Å². The van der Waals surface area contributed by atoms with Crippen molar-refractivity contribution in [1.29, 1.82) is 0 Å². The van der Waals surface area contributed by atoms with Crippen LogP contribution in [0.1, 0.15) is 6.42 Å². The number of nitrogens with two attached hydrogens (primary N) is 1. The van der Waals surface area contributed by atoms with Crippen molar-refractivity contribution in [2.45, 2.75) is 12.5 Å². The maximum Gasteiger partial charge on any atom is 0.322 e. The maximum absolute atomic E-state index is 11.8. The van der Waals surface area contributed by atoms with E-state index in [-0.39, 0.29) is 5.91 Å². The summed E-state index contributed by atoms with van der Waals surface area (Å²) in [4.78, 5) is 22.8. The van der Waals surface area contributed by atoms with Crippen LogP contribution in [0.4, 0.5) is 5.69 Å². The number of nitrogens with one attached hydrogen (secondary N) is 1. The van der Waals surface area contributed by atoms with Gasteiger partial charge in [-0.05, 0) is 24.3 Å². The Kier molecular flexibility index (Phi) is 7.63. The van der Waals surface area contributed by atoms with E-state index in [1.54, 1.807) is 31.4 Å². The third-order valence-corrected chi connectivity index (χ3v) is 3.65. The molecule has 1 aromatic rings. The smallest absolute Gasteiger partial charge is 0.322 e. The summed E-state index contributed by atoms with van der Waals surface area (Å²) in [6.07, 6.45) is 0.476. The van der Waals surface area contributed by atoms with Crippen LogP contribution in [0, 0.1) is 0 Å². The standard InChI is InChI=1S/C14H20N2O4S/c1-19-11-5-3-4-10(8-11)16-13(17)9-21-7-6-12(15)14(18)20-2/h3-5,8,12H,6-7,9,15H2,1-2H3,(H,16,17). The summed E-state index contributed by atoms with van der Waals surface area (Å²) in [6.45, 7) is 0. The number of thioether (sulfide) groups is 1. The number of carbonyl (C=O) groups excluding carboxylic acids is 2. The lowest BCUT2D eigenvalue weighted by Crippen LogP contribution is -2.32. The maximum atomic E-state index is 11.8. The first-order valence-corrected chi connectivity index (χ1v) is 7.57. The predicted molar refractivity (Wildman–Crippen MR) is 83.6 cm³/mol. The second-order valence-electron chi connectivity index (χ2n) is 4.25. The normalized spacial score (nSPS) is 11.6. The second-order valence-corrected chi connectivity index (χ2v) is 5.36. The number of hydrogen-bond acceptors (Lipinski definition) is 6. The van der Waals surface area contributed by atoms with E-state index >= 15 is 0 Å². The molecule has 1 aromatic carbocycles. The molecule has 1 unspecified atom stereocenters. The quantitative estimate of drug-likeness (QED) is 0.555. The van der Waals surface area contributed by atoms with Crippen LogP contribution >= 0.6 is 11.8 Å². The summed E-state index contributed by atoms with van der Waals surface area (Å²) < 4.78 is 9.61. The highest BCUT2D eigenvalue weighted by Crippen LogP contribution is 2.17. The van der Waals surface area contributed by atoms with Gasteiger partial charge >= 0.3 is 5.97 Å². The van der Waals surface area contributed by atoms with Crippen molar-refractivity contribution in [1.82, 2.24) is 0 Å². The van der Waals surface area contributed by atoms with Crippen LogP contribution in [0.25, 0.3) is 0 Å². The summed E-state index contributed by atoms with van der Waals surface area (Å²) in [6, 6.07) is 6.51. The van der Waals surface area contributed by atoms with Crippen LogP contribution in [-0.4, -0.2) is 43.6 Å². The van der Waals surface area contributed by atoms with Crippen molar-refractivity contribution in [3.8, 4) is 5.75 Å². The van der Waals surface area contributed by atoms with Crippen molar-refractivity contribution in [3.05, 3.63) is 24.3 Å². The van der Waals surface area contributed by atoms with Gasteiger partial charge < -0.3 is 20.5 Å². The number of rotatable bonds is 8. The largest absolute Gasteiger partial charge is 0.497 e. The topological polar surface area (TPSA) is 90.7 Å². The predicted octanol–water partition coefficient (Wildman–Crippen LogP) is 1.26. The van der Waals surface area contributed by atoms with Gasteiger partial charge in [0, 0.05) is 11.8 Å². The van der Waals surface area contributed by atoms with Gasteiger partial charge in [-0.2, -0.15) is 11.8 Å². The highest BCUT2D eigenvalue weighted by atomic mass is 32.2. The Bertz CT molecular complexity index is 482. The van der Waals surface area contributed by atoms with Crippen LogP contribution in [0.2, 0.25) is 0 Å². The zero-order valence-electron chi connectivity index (χ0n) is 12.1. The highest BCUT2D eigenvalue weighted by molar-refractivity contribution is 7.99. The highest BCUT2D eigenvalue weighted by Gasteiger charge is 2.13. The minimum Gasteiger partial charge on any atom is -0.497 e. The third-order valence-electron chi connectivity index (χ3n) is 2.66. The van der Waals surface area contributed by atoms with Crippen LogP contribution < -0.4 is 15.8 Å². The SMILES string of the molecule is COC(=O)C(N)CCSCC(=O)Nc1cccc(OC)c1. The molecule has 0 saturated carbocycles. The fraction of sp³-hybridized carbons (Fsp3) is 0.429. The lowest BCUT2D eigenvalue weighted by molar-refractivity contribution is -0.142. The van der Waals surface area contributed by atoms with Crippen LogP contribution in [0.15, 0.2) is 24.3 Å². The lowest BCUT2D eigenvalue weighted by Gasteiger charge is -2.09. The number of carbonyl (C=O) groups is 2. The summed E-state index contributed by atoms with van der Waals surface area (Å²) in [5, 5.41) is 2.78. The lowest BCUT2D eigenvalue weighted by atomic mass is 10.2. The molecule has 1 rings (SSSR count). The van der Waals surface area contributed by atoms with E-state index in [1.807, 2.05) is 0 Å². The molecule has 6 nitrogen and oxygen atoms in total. The van der Waals surface area contributed by atoms with Crippen LogP contribution in [0.3, 0.4) is 0 Å². The molecular weight excluding hydrogens is 292 g/mol. The Morgan fingerprint density at radius 1 is 1.38 bits per heavy atom. The molecular formula is C14H20N2O4S. The summed E-state index contributed by atoms with van der Waals surface area (Å²) in [5.41, 5.74) is 6.28. The first kappa shape index (κ1) is 17.3. The monoisotopic (exact) mass is 312 g/mol. The molecule has 0 bridgehead atoms. The number of ether oxygens (including phenoxy) is 2. The minimum atomic E-state index is -0.635. The summed E-state index contributed by atoms with van der Waals surface area (Å²) in [7, 11) is 2.87. The number of anilines is 1. The number of benzene rings is 1. The van der Waals surface area contributed by atoms with Gasteiger partial charge in [0.25, 0.3) is 0 Å². The molecule has 0 aliphatic carbocycles. The Labute approximate surface area is 128 Å². The zero-order chi connectivity index (χ0) is 15.7. The van der Waals surface area contributed by atoms with Gasteiger partial charge in [0.2, 0.25) is 5.91 Å². The molecule has 0 heterocycles. The Morgan fingerprint density at radius 3 is 2.81 bits per heavy atom. The van der Waals surface area contributed by atoms with Crippen molar-refractivity contribution >= 4 is 29.3 Å². The van der Waals surface area contributed by atoms with Gasteiger partial charge in [0.1, 0.15) is 11.8 Å². The molecule has 21 heavy (non-hydrogen) atoms. The molecule has 0 aromatic heterocycles. The Morgan fingerprint density at radius 2 is 2.14 bits per heavy atom. The van der Waals surface area contributed by atoms with Gasteiger partial charge in [-0.25, -0.2) is 0 Å². The average Bonchev–Trinajstić information content (AvgIpc) is 2.50. The number of hydrogen-bond donors (Lipinski definition) is 2. The summed E-state index contributed by atoms with van der Waals surface area (Å²) >= 11 is 1.42. The van der Waals surface area contributed by atoms with Crippen LogP contribution in [-0.2, 0) is 14.3 Å². The van der Waals surface area contributed by atoms with Gasteiger partial charge in [-0.3, -0.25) is 9.59 Å². The molecule has 0 fully saturated rings. The summed E-state index contributed by atoms with van der Waals surface area (Å²) in [5.74, 6) is 1.05. The molecule has 116 valence electrons. The first-order valence-electron chi connectivity index (χ1n) is 6.42. The number of esters is 1. The fourth-order valence-corrected chi connectivity index (χ4v) is 2.36. The molecule has 1 atom stereocenters. The zero-order valence-corrected chi connectivity index (χ0v) is 12.9. The Balaban J connectivity index is 2.26. The van der Waals surface area contributed by atoms with Crippen LogP contribution in [0.5, 0.6) is 5.75 Å². The molecule has 0 spiro atoms. The number of amides is 1. The second kappa shape index (κ2) is 9.25. The van der Waals surface area contributed by atoms with Crippen molar-refractivity contribution in [3.63, 3.8) is 0 Å². The average molecular weight is 312 g/mol. The molecule has 0 radical (unpaired) electrons. The molecule has 0 saturated heterocycles. The van der Waals surface area contributed by atoms with E-state index in [4.69, 9.17) is 10.5 Å². The minimum absolute atomic E-state index is 0.111. The van der Waals surface area contributed by atoms with E-state index in [2.05, 4.69) is 10.1 Å². The van der Waals surface area contributed by atoms with Gasteiger partial charge in [0.15, 0.2) is 0 Å². The van der Waals surface area contributed by atoms with Gasteiger partial charge in [-0.15, -0.1) is 0 Å². The molecule has 7 heteroatoms. The van der Waals surface area contributed by atoms with E-state index in [9.17, 15) is 9.59 Å².